The molecule has 0 aliphatic heterocycles. The molecule has 1 N–H and O–H groups in total. The molecule has 0 aliphatic rings. The predicted molar refractivity (Wildman–Crippen MR) is 83.0 cm³/mol. The van der Waals surface area contributed by atoms with Gasteiger partial charge in [-0.15, -0.1) is 11.3 Å². The summed E-state index contributed by atoms with van der Waals surface area (Å²) >= 11 is 7.71. The van der Waals surface area contributed by atoms with Crippen LogP contribution in [-0.4, -0.2) is 18.1 Å². The zero-order chi connectivity index (χ0) is 13.5. The second-order valence-electron chi connectivity index (χ2n) is 4.69. The summed E-state index contributed by atoms with van der Waals surface area (Å²) < 4.78 is 0. The fourth-order valence-corrected chi connectivity index (χ4v) is 2.98. The molecule has 102 valence electrons. The van der Waals surface area contributed by atoms with Crippen LogP contribution < -0.4 is 5.32 Å². The second kappa shape index (κ2) is 7.63. The van der Waals surface area contributed by atoms with Gasteiger partial charge in [-0.1, -0.05) is 30.7 Å². The van der Waals surface area contributed by atoms with Gasteiger partial charge in [-0.3, -0.25) is 0 Å². The zero-order valence-corrected chi connectivity index (χ0v) is 12.7. The molecule has 0 amide bonds. The van der Waals surface area contributed by atoms with Crippen LogP contribution in [0.15, 0.2) is 35.2 Å². The Kier molecular flexibility index (Phi) is 5.83. The lowest BCUT2D eigenvalue weighted by Crippen LogP contribution is -2.25. The number of hydrogen-bond acceptors (Lipinski definition) is 3. The molecule has 1 heterocycles. The second-order valence-corrected chi connectivity index (χ2v) is 5.85. The third-order valence-corrected chi connectivity index (χ3v) is 3.95. The maximum absolute atomic E-state index is 6.05. The van der Waals surface area contributed by atoms with Crippen LogP contribution in [0, 0.1) is 5.92 Å². The summed E-state index contributed by atoms with van der Waals surface area (Å²) in [6, 6.07) is 8.14. The van der Waals surface area contributed by atoms with E-state index in [1.807, 2.05) is 17.6 Å². The van der Waals surface area contributed by atoms with E-state index in [2.05, 4.69) is 34.7 Å². The van der Waals surface area contributed by atoms with Crippen molar-refractivity contribution in [2.45, 2.75) is 19.8 Å². The monoisotopic (exact) mass is 294 g/mol. The molecule has 2 rings (SSSR count). The van der Waals surface area contributed by atoms with Crippen LogP contribution in [-0.2, 0) is 12.8 Å². The Morgan fingerprint density at radius 1 is 1.37 bits per heavy atom. The Morgan fingerprint density at radius 3 is 2.95 bits per heavy atom. The minimum absolute atomic E-state index is 0.556. The minimum Gasteiger partial charge on any atom is -0.317 e. The molecule has 0 aliphatic carbocycles. The van der Waals surface area contributed by atoms with Crippen LogP contribution in [0.3, 0.4) is 0 Å². The van der Waals surface area contributed by atoms with Gasteiger partial charge in [0.05, 0.1) is 11.2 Å². The molecule has 2 nitrogen and oxygen atoms in total. The normalized spacial score (nSPS) is 12.5. The molecule has 1 aromatic carbocycles. The van der Waals surface area contributed by atoms with E-state index in [0.29, 0.717) is 5.92 Å². The van der Waals surface area contributed by atoms with Crippen LogP contribution in [0.25, 0.3) is 0 Å². The predicted octanol–water partition coefficient (Wildman–Crippen LogP) is 3.81. The van der Waals surface area contributed by atoms with Crippen molar-refractivity contribution in [2.75, 3.05) is 13.1 Å². The van der Waals surface area contributed by atoms with Gasteiger partial charge in [0.1, 0.15) is 0 Å². The lowest BCUT2D eigenvalue weighted by atomic mass is 9.95. The van der Waals surface area contributed by atoms with Gasteiger partial charge in [0.15, 0.2) is 0 Å². The quantitative estimate of drug-likeness (QED) is 0.840. The van der Waals surface area contributed by atoms with Crippen molar-refractivity contribution in [3.05, 3.63) is 51.4 Å². The molecule has 0 saturated heterocycles. The van der Waals surface area contributed by atoms with Crippen molar-refractivity contribution < 1.29 is 0 Å². The Labute approximate surface area is 123 Å². The van der Waals surface area contributed by atoms with E-state index in [0.717, 1.165) is 31.0 Å². The zero-order valence-electron chi connectivity index (χ0n) is 11.1. The molecule has 0 bridgehead atoms. The highest BCUT2D eigenvalue weighted by Gasteiger charge is 2.12. The lowest BCUT2D eigenvalue weighted by Gasteiger charge is -2.16. The van der Waals surface area contributed by atoms with Crippen molar-refractivity contribution in [3.8, 4) is 0 Å². The average Bonchev–Trinajstić information content (AvgIpc) is 2.89. The number of thiazole rings is 1. The molecular formula is C15H19ClN2S. The third kappa shape index (κ3) is 4.94. The molecule has 0 fully saturated rings. The lowest BCUT2D eigenvalue weighted by molar-refractivity contribution is 0.474. The number of hydrogen-bond donors (Lipinski definition) is 1. The van der Waals surface area contributed by atoms with Crippen LogP contribution in [0.4, 0.5) is 0 Å². The molecule has 1 aromatic heterocycles. The molecule has 1 atom stereocenters. The summed E-state index contributed by atoms with van der Waals surface area (Å²) in [6.45, 7) is 4.16. The molecule has 1 unspecified atom stereocenters. The van der Waals surface area contributed by atoms with Crippen molar-refractivity contribution in [1.29, 1.82) is 0 Å². The summed E-state index contributed by atoms with van der Waals surface area (Å²) in [7, 11) is 0. The summed E-state index contributed by atoms with van der Waals surface area (Å²) in [5.74, 6) is 0.556. The van der Waals surface area contributed by atoms with Crippen LogP contribution in [0.1, 0.15) is 18.2 Å². The highest BCUT2D eigenvalue weighted by molar-refractivity contribution is 7.07. The number of halogens is 1. The number of aromatic nitrogens is 1. The topological polar surface area (TPSA) is 24.9 Å². The molecule has 0 radical (unpaired) electrons. The number of nitrogens with one attached hydrogen (secondary N) is 1. The van der Waals surface area contributed by atoms with E-state index in [1.54, 1.807) is 11.3 Å². The van der Waals surface area contributed by atoms with Gasteiger partial charge in [0, 0.05) is 10.4 Å². The fourth-order valence-electron chi connectivity index (χ4n) is 2.20. The van der Waals surface area contributed by atoms with Crippen LogP contribution >= 0.6 is 22.9 Å². The standard InChI is InChI=1S/C15H19ClN2S/c1-2-17-9-13(8-15-10-19-11-18-15)6-12-4-3-5-14(16)7-12/h3-5,7,10-11,13,17H,2,6,8-9H2,1H3. The van der Waals surface area contributed by atoms with Gasteiger partial charge in [-0.05, 0) is 49.5 Å². The summed E-state index contributed by atoms with van der Waals surface area (Å²) in [5.41, 5.74) is 4.39. The van der Waals surface area contributed by atoms with Gasteiger partial charge in [-0.2, -0.15) is 0 Å². The first-order valence-electron chi connectivity index (χ1n) is 6.60. The molecule has 0 saturated carbocycles. The molecule has 4 heteroatoms. The van der Waals surface area contributed by atoms with Gasteiger partial charge in [0.2, 0.25) is 0 Å². The number of benzene rings is 1. The van der Waals surface area contributed by atoms with Crippen molar-refractivity contribution >= 4 is 22.9 Å². The van der Waals surface area contributed by atoms with Crippen LogP contribution in [0.5, 0.6) is 0 Å². The highest BCUT2D eigenvalue weighted by Crippen LogP contribution is 2.17. The van der Waals surface area contributed by atoms with Crippen LogP contribution in [0.2, 0.25) is 5.02 Å². The largest absolute Gasteiger partial charge is 0.317 e. The molecule has 2 aromatic rings. The smallest absolute Gasteiger partial charge is 0.0794 e. The van der Waals surface area contributed by atoms with Crippen molar-refractivity contribution in [1.82, 2.24) is 10.3 Å². The van der Waals surface area contributed by atoms with E-state index in [4.69, 9.17) is 11.6 Å². The van der Waals surface area contributed by atoms with E-state index in [9.17, 15) is 0 Å². The SMILES string of the molecule is CCNCC(Cc1cccc(Cl)c1)Cc1cscn1. The first-order chi connectivity index (χ1) is 9.28. The first kappa shape index (κ1) is 14.5. The van der Waals surface area contributed by atoms with E-state index >= 15 is 0 Å². The Balaban J connectivity index is 2.00. The minimum atomic E-state index is 0.556. The molecular weight excluding hydrogens is 276 g/mol. The maximum atomic E-state index is 6.05. The van der Waals surface area contributed by atoms with E-state index < -0.39 is 0 Å². The summed E-state index contributed by atoms with van der Waals surface area (Å²) in [5, 5.41) is 6.39. The number of nitrogens with zero attached hydrogens (tertiary/aromatic N) is 1. The summed E-state index contributed by atoms with van der Waals surface area (Å²) in [4.78, 5) is 4.39. The van der Waals surface area contributed by atoms with E-state index in [-0.39, 0.29) is 0 Å². The van der Waals surface area contributed by atoms with Gasteiger partial charge in [0.25, 0.3) is 0 Å². The van der Waals surface area contributed by atoms with E-state index in [1.165, 1.54) is 11.3 Å². The van der Waals surface area contributed by atoms with Crippen molar-refractivity contribution in [2.24, 2.45) is 5.92 Å². The maximum Gasteiger partial charge on any atom is 0.0794 e. The molecule has 19 heavy (non-hydrogen) atoms. The Bertz CT molecular complexity index is 485. The molecule has 0 spiro atoms. The Hall–Kier alpha value is -0.900. The fraction of sp³-hybridized carbons (Fsp3) is 0.400. The highest BCUT2D eigenvalue weighted by atomic mass is 35.5. The number of rotatable bonds is 7. The Morgan fingerprint density at radius 2 is 2.26 bits per heavy atom. The average molecular weight is 295 g/mol. The summed E-state index contributed by atoms with van der Waals surface area (Å²) in [6.07, 6.45) is 2.05. The first-order valence-corrected chi connectivity index (χ1v) is 7.92. The van der Waals surface area contributed by atoms with Gasteiger partial charge < -0.3 is 5.32 Å². The third-order valence-electron chi connectivity index (χ3n) is 3.08. The van der Waals surface area contributed by atoms with Gasteiger partial charge >= 0.3 is 0 Å². The van der Waals surface area contributed by atoms with Crippen molar-refractivity contribution in [3.63, 3.8) is 0 Å². The van der Waals surface area contributed by atoms with Gasteiger partial charge in [-0.25, -0.2) is 4.98 Å².